The average Bonchev–Trinajstić information content (AvgIpc) is 3.85. The monoisotopic (exact) mass is 788 g/mol. The fraction of sp³-hybridized carbons (Fsp3) is 0.556. The van der Waals surface area contributed by atoms with Crippen LogP contribution in [-0.2, 0) is 36.4 Å². The number of hydrogen-bond donors (Lipinski definition) is 2. The Morgan fingerprint density at radius 2 is 1.77 bits per heavy atom. The molecule has 57 heavy (non-hydrogen) atoms. The van der Waals surface area contributed by atoms with Gasteiger partial charge in [0.1, 0.15) is 23.4 Å². The Kier molecular flexibility index (Phi) is 10.9. The number of aromatic amines is 1. The average molecular weight is 789 g/mol. The molecule has 2 fully saturated rings. The van der Waals surface area contributed by atoms with Gasteiger partial charge in [0.15, 0.2) is 0 Å². The van der Waals surface area contributed by atoms with Gasteiger partial charge in [-0.25, -0.2) is 8.78 Å². The predicted octanol–water partition coefficient (Wildman–Crippen LogP) is 6.73. The first-order chi connectivity index (χ1) is 27.3. The molecule has 1 saturated carbocycles. The molecule has 1 aliphatic carbocycles. The maximum atomic E-state index is 15.1. The maximum Gasteiger partial charge on any atom is 0.322 e. The van der Waals surface area contributed by atoms with E-state index in [0.717, 1.165) is 54.2 Å². The largest absolute Gasteiger partial charge is 0.496 e. The summed E-state index contributed by atoms with van der Waals surface area (Å²) in [5, 5.41) is 13.1. The number of alkyl halides is 2. The van der Waals surface area contributed by atoms with E-state index >= 15 is 8.78 Å². The standard InChI is InChI=1S/C41H46F2N4O6.2C2H6/c1-22(48)53-34-26-10-8-13-47-14-12-40(36(26)47)28-16-29(32(51-4)17-31(28)45(3)37(40)33(34)49)41(38(50)52-5)18-23-15-24(39(2,42)43)20-46(19-23)21-27-25-9-6-7-11-30(25)44-35(27)41;2*1-2/h6-11,15-17,23,26,33-34,36-37,44,49H,12-14,18-21H2,1-5H3;2*1-2H3/t23?,26?,33-,34?,36?,37+,40?,41+;;/m1../s1. The molecule has 12 heteroatoms. The summed E-state index contributed by atoms with van der Waals surface area (Å²) in [5.74, 6) is -4.18. The number of nitrogens with one attached hydrogen (secondary N) is 1. The van der Waals surface area contributed by atoms with Gasteiger partial charge >= 0.3 is 11.9 Å². The van der Waals surface area contributed by atoms with Gasteiger partial charge in [0, 0.05) is 104 Å². The number of hydrogen-bond acceptors (Lipinski definition) is 9. The molecule has 1 spiro atoms. The van der Waals surface area contributed by atoms with Crippen LogP contribution in [0.2, 0.25) is 0 Å². The molecule has 9 atom stereocenters. The van der Waals surface area contributed by atoms with Crippen molar-refractivity contribution in [2.45, 2.75) is 102 Å². The van der Waals surface area contributed by atoms with E-state index in [0.29, 0.717) is 30.1 Å². The molecule has 3 aromatic rings. The summed E-state index contributed by atoms with van der Waals surface area (Å²) in [7, 11) is 4.92. The Morgan fingerprint density at radius 3 is 2.46 bits per heavy atom. The van der Waals surface area contributed by atoms with Crippen LogP contribution in [0.4, 0.5) is 14.5 Å². The Morgan fingerprint density at radius 1 is 1.04 bits per heavy atom. The van der Waals surface area contributed by atoms with Crippen LogP contribution in [0, 0.1) is 11.8 Å². The number of esters is 2. The van der Waals surface area contributed by atoms with Crippen molar-refractivity contribution < 1.29 is 37.7 Å². The first-order valence-electron chi connectivity index (χ1n) is 20.5. The smallest absolute Gasteiger partial charge is 0.322 e. The normalized spacial score (nSPS) is 32.1. The summed E-state index contributed by atoms with van der Waals surface area (Å²) >= 11 is 0. The number of para-hydroxylation sites is 1. The number of carbonyl (C=O) groups excluding carboxylic acids is 2. The third kappa shape index (κ3) is 6.03. The van der Waals surface area contributed by atoms with Gasteiger partial charge in [-0.15, -0.1) is 0 Å². The second-order valence-corrected chi connectivity index (χ2v) is 16.1. The van der Waals surface area contributed by atoms with E-state index in [1.807, 2.05) is 65.1 Å². The molecule has 1 aromatic heterocycles. The lowest BCUT2D eigenvalue weighted by Gasteiger charge is -2.54. The van der Waals surface area contributed by atoms with Gasteiger partial charge in [-0.1, -0.05) is 64.1 Å². The summed E-state index contributed by atoms with van der Waals surface area (Å²) in [4.78, 5) is 37.6. The highest BCUT2D eigenvalue weighted by molar-refractivity contribution is 5.94. The van der Waals surface area contributed by atoms with Gasteiger partial charge in [0.25, 0.3) is 5.92 Å². The lowest BCUT2D eigenvalue weighted by molar-refractivity contribution is -0.166. The summed E-state index contributed by atoms with van der Waals surface area (Å²) < 4.78 is 48.1. The highest BCUT2D eigenvalue weighted by Crippen LogP contribution is 2.62. The first-order valence-corrected chi connectivity index (χ1v) is 20.5. The molecule has 2 N–H and O–H groups in total. The van der Waals surface area contributed by atoms with Gasteiger partial charge in [-0.05, 0) is 48.6 Å². The fourth-order valence-corrected chi connectivity index (χ4v) is 11.5. The second kappa shape index (κ2) is 15.2. The van der Waals surface area contributed by atoms with Gasteiger partial charge in [0.2, 0.25) is 0 Å². The third-order valence-electron chi connectivity index (χ3n) is 13.4. The van der Waals surface area contributed by atoms with Crippen molar-refractivity contribution in [3.8, 4) is 5.75 Å². The first kappa shape index (κ1) is 40.9. The van der Waals surface area contributed by atoms with Crippen LogP contribution in [0.5, 0.6) is 5.75 Å². The molecule has 1 saturated heterocycles. The van der Waals surface area contributed by atoms with Crippen LogP contribution >= 0.6 is 0 Å². The van der Waals surface area contributed by atoms with Crippen LogP contribution < -0.4 is 9.64 Å². The number of fused-ring (bicyclic) bond motifs is 6. The lowest BCUT2D eigenvalue weighted by atomic mass is 9.58. The number of ether oxygens (including phenoxy) is 3. The van der Waals surface area contributed by atoms with Crippen LogP contribution in [0.15, 0.2) is 60.2 Å². The van der Waals surface area contributed by atoms with Crippen molar-refractivity contribution in [3.63, 3.8) is 0 Å². The molecule has 2 aromatic carbocycles. The quantitative estimate of drug-likeness (QED) is 0.215. The summed E-state index contributed by atoms with van der Waals surface area (Å²) in [6.07, 6.45) is 5.02. The molecule has 10 nitrogen and oxygen atoms in total. The number of anilines is 1. The van der Waals surface area contributed by atoms with Gasteiger partial charge in [0.05, 0.1) is 20.3 Å². The number of likely N-dealkylation sites (N-methyl/N-ethyl adjacent to an activating group) is 1. The minimum atomic E-state index is -3.03. The van der Waals surface area contributed by atoms with E-state index in [1.165, 1.54) is 14.0 Å². The number of H-pyrrole nitrogens is 1. The van der Waals surface area contributed by atoms with Crippen LogP contribution in [0.3, 0.4) is 0 Å². The number of nitrogens with zero attached hydrogens (tertiary/aromatic N) is 3. The number of aliphatic hydroxyl groups excluding tert-OH is 1. The highest BCUT2D eigenvalue weighted by Gasteiger charge is 2.69. The zero-order valence-electron chi connectivity index (χ0n) is 34.7. The molecule has 5 aliphatic heterocycles. The molecule has 9 rings (SSSR count). The van der Waals surface area contributed by atoms with Crippen LogP contribution in [0.1, 0.15) is 76.8 Å². The second-order valence-electron chi connectivity index (χ2n) is 16.1. The molecule has 308 valence electrons. The zero-order valence-corrected chi connectivity index (χ0v) is 34.7. The highest BCUT2D eigenvalue weighted by atomic mass is 19.3. The summed E-state index contributed by atoms with van der Waals surface area (Å²) in [5.41, 5.74) is 2.80. The lowest BCUT2D eigenvalue weighted by Crippen LogP contribution is -2.69. The molecule has 6 aliphatic rings. The topological polar surface area (TPSA) is 108 Å². The molecular weight excluding hydrogens is 731 g/mol. The van der Waals surface area contributed by atoms with Gasteiger partial charge < -0.3 is 29.2 Å². The number of aromatic nitrogens is 1. The number of carbonyl (C=O) groups is 2. The van der Waals surface area contributed by atoms with Crippen molar-refractivity contribution in [1.29, 1.82) is 0 Å². The van der Waals surface area contributed by atoms with Crippen molar-refractivity contribution in [3.05, 3.63) is 82.6 Å². The number of methoxy groups -OCH3 is 2. The van der Waals surface area contributed by atoms with Crippen LogP contribution in [0.25, 0.3) is 10.9 Å². The van der Waals surface area contributed by atoms with Crippen molar-refractivity contribution in [2.24, 2.45) is 11.8 Å². The number of benzene rings is 2. The predicted molar refractivity (Wildman–Crippen MR) is 217 cm³/mol. The van der Waals surface area contributed by atoms with Gasteiger partial charge in [-0.3, -0.25) is 19.4 Å². The van der Waals surface area contributed by atoms with Crippen molar-refractivity contribution in [2.75, 3.05) is 52.3 Å². The Bertz CT molecular complexity index is 2090. The molecular formula is C45H58F2N4O6. The number of aliphatic hydroxyl groups is 1. The minimum absolute atomic E-state index is 0.0426. The summed E-state index contributed by atoms with van der Waals surface area (Å²) in [6.45, 7) is 12.8. The van der Waals surface area contributed by atoms with E-state index in [4.69, 9.17) is 14.2 Å². The number of halogens is 2. The van der Waals surface area contributed by atoms with E-state index in [-0.39, 0.29) is 30.5 Å². The van der Waals surface area contributed by atoms with E-state index in [2.05, 4.69) is 37.9 Å². The zero-order chi connectivity index (χ0) is 41.2. The fourth-order valence-electron chi connectivity index (χ4n) is 11.5. The molecule has 0 amide bonds. The van der Waals surface area contributed by atoms with E-state index in [1.54, 1.807) is 13.2 Å². The molecule has 6 unspecified atom stereocenters. The summed E-state index contributed by atoms with van der Waals surface area (Å²) in [6, 6.07) is 11.4. The number of rotatable bonds is 5. The Balaban J connectivity index is 0.00000120. The van der Waals surface area contributed by atoms with E-state index < -0.39 is 52.9 Å². The minimum Gasteiger partial charge on any atom is -0.496 e. The van der Waals surface area contributed by atoms with Crippen molar-refractivity contribution in [1.82, 2.24) is 14.8 Å². The SMILES string of the molecule is CC.CC.COC(=O)[C@]1(c2cc3c(cc2OC)N(C)[C@H]2[C@H](O)C(OC(C)=O)C4C=CCN5CCC32C45)CC2C=C(C(C)(F)F)CN(Cc3c1[nH]c1ccccc31)C2. The third-order valence-corrected chi connectivity index (χ3v) is 13.4. The maximum absolute atomic E-state index is 15.1. The Labute approximate surface area is 334 Å². The van der Waals surface area contributed by atoms with Crippen molar-refractivity contribution >= 4 is 28.5 Å². The van der Waals surface area contributed by atoms with E-state index in [9.17, 15) is 14.7 Å². The molecule has 2 bridgehead atoms. The van der Waals surface area contributed by atoms with Crippen LogP contribution in [-0.4, -0.2) is 109 Å². The van der Waals surface area contributed by atoms with Gasteiger partial charge in [-0.2, -0.15) is 0 Å². The molecule has 0 radical (unpaired) electrons. The Hall–Kier alpha value is -4.26. The molecule has 6 heterocycles.